The van der Waals surface area contributed by atoms with Gasteiger partial charge in [0.05, 0.1) is 23.6 Å². The molecule has 0 atom stereocenters. The van der Waals surface area contributed by atoms with E-state index >= 15 is 0 Å². The highest BCUT2D eigenvalue weighted by Gasteiger charge is 2.33. The number of aliphatic imine (C=N–C) groups is 1. The van der Waals surface area contributed by atoms with E-state index in [0.717, 1.165) is 16.6 Å². The van der Waals surface area contributed by atoms with Gasteiger partial charge in [0.25, 0.3) is 5.91 Å². The summed E-state index contributed by atoms with van der Waals surface area (Å²) >= 11 is 8.89. The second kappa shape index (κ2) is 9.68. The number of carbonyl (C=O) groups is 2. The Morgan fingerprint density at radius 1 is 1.25 bits per heavy atom. The zero-order valence-corrected chi connectivity index (χ0v) is 19.1. The molecule has 0 N–H and O–H groups in total. The number of carbonyl (C=O) groups excluding carboxylic acids is 2. The molecule has 1 amide bonds. The second-order valence-electron chi connectivity index (χ2n) is 6.62. The Morgan fingerprint density at radius 3 is 2.69 bits per heavy atom. The first kappa shape index (κ1) is 22.3. The molecule has 2 heterocycles. The lowest BCUT2D eigenvalue weighted by molar-refractivity contribution is -0.113. The zero-order valence-electron chi connectivity index (χ0n) is 16.7. The standard InChI is InChI=1S/C23H16ClFN2O3S2/c1-30-21-9-8-16(11-18(21)24)27-22(29)19(12-17-3-2-10-31-17)26-23(27)32-13-20(28)14-4-6-15(25)7-5-14/h2-12H,13H2,1H3. The van der Waals surface area contributed by atoms with Crippen molar-refractivity contribution in [2.24, 2.45) is 4.99 Å². The van der Waals surface area contributed by atoms with Crippen LogP contribution in [0.5, 0.6) is 5.75 Å². The van der Waals surface area contributed by atoms with Crippen LogP contribution in [0, 0.1) is 5.82 Å². The van der Waals surface area contributed by atoms with Crippen LogP contribution in [0.1, 0.15) is 15.2 Å². The van der Waals surface area contributed by atoms with E-state index in [-0.39, 0.29) is 23.1 Å². The number of methoxy groups -OCH3 is 1. The van der Waals surface area contributed by atoms with Crippen LogP contribution < -0.4 is 9.64 Å². The fourth-order valence-corrected chi connectivity index (χ4v) is 4.78. The topological polar surface area (TPSA) is 59.0 Å². The molecule has 1 aliphatic rings. The zero-order chi connectivity index (χ0) is 22.7. The van der Waals surface area contributed by atoms with Gasteiger partial charge in [0.1, 0.15) is 17.3 Å². The molecule has 0 saturated carbocycles. The number of Topliss-reactive ketones (excluding diaryl/α,β-unsaturated/α-hetero) is 1. The van der Waals surface area contributed by atoms with E-state index < -0.39 is 5.82 Å². The number of amidine groups is 1. The quantitative estimate of drug-likeness (QED) is 0.321. The predicted molar refractivity (Wildman–Crippen MR) is 128 cm³/mol. The number of thiophene rings is 1. The summed E-state index contributed by atoms with van der Waals surface area (Å²) in [5.74, 6) is -0.422. The van der Waals surface area contributed by atoms with Crippen molar-refractivity contribution < 1.29 is 18.7 Å². The Kier molecular flexibility index (Phi) is 6.74. The van der Waals surface area contributed by atoms with Gasteiger partial charge in [0, 0.05) is 10.4 Å². The van der Waals surface area contributed by atoms with Crippen LogP contribution in [-0.4, -0.2) is 29.7 Å². The molecular weight excluding hydrogens is 471 g/mol. The third kappa shape index (κ3) is 4.77. The summed E-state index contributed by atoms with van der Waals surface area (Å²) in [5.41, 5.74) is 1.16. The highest BCUT2D eigenvalue weighted by atomic mass is 35.5. The van der Waals surface area contributed by atoms with Gasteiger partial charge in [0.15, 0.2) is 11.0 Å². The van der Waals surface area contributed by atoms with Gasteiger partial charge in [-0.3, -0.25) is 14.5 Å². The Balaban J connectivity index is 1.63. The molecule has 5 nitrogen and oxygen atoms in total. The molecule has 32 heavy (non-hydrogen) atoms. The molecule has 1 aliphatic heterocycles. The summed E-state index contributed by atoms with van der Waals surface area (Å²) in [5, 5.41) is 2.61. The number of hydrogen-bond acceptors (Lipinski definition) is 6. The maximum absolute atomic E-state index is 13.2. The van der Waals surface area contributed by atoms with Crippen LogP contribution in [0.3, 0.4) is 0 Å². The van der Waals surface area contributed by atoms with Gasteiger partial charge in [-0.2, -0.15) is 0 Å². The Morgan fingerprint density at radius 2 is 2.03 bits per heavy atom. The number of benzene rings is 2. The molecule has 0 radical (unpaired) electrons. The monoisotopic (exact) mass is 486 g/mol. The predicted octanol–water partition coefficient (Wildman–Crippen LogP) is 5.91. The van der Waals surface area contributed by atoms with Crippen LogP contribution in [0.4, 0.5) is 10.1 Å². The number of ether oxygens (including phenoxy) is 1. The maximum Gasteiger partial charge on any atom is 0.283 e. The third-order valence-corrected chi connectivity index (χ3v) is 6.60. The summed E-state index contributed by atoms with van der Waals surface area (Å²) in [7, 11) is 1.51. The van der Waals surface area contributed by atoms with Crippen LogP contribution in [0.2, 0.25) is 5.02 Å². The van der Waals surface area contributed by atoms with Crippen LogP contribution in [0.15, 0.2) is 70.7 Å². The molecule has 0 saturated heterocycles. The fourth-order valence-electron chi connectivity index (χ4n) is 2.97. The highest BCUT2D eigenvalue weighted by Crippen LogP contribution is 2.34. The lowest BCUT2D eigenvalue weighted by Crippen LogP contribution is -2.30. The van der Waals surface area contributed by atoms with Crippen molar-refractivity contribution in [2.45, 2.75) is 0 Å². The number of nitrogens with zero attached hydrogens (tertiary/aromatic N) is 2. The summed E-state index contributed by atoms with van der Waals surface area (Å²) in [4.78, 5) is 32.6. The van der Waals surface area contributed by atoms with Gasteiger partial charge in [-0.25, -0.2) is 9.38 Å². The molecule has 0 bridgehead atoms. The second-order valence-corrected chi connectivity index (χ2v) is 8.95. The summed E-state index contributed by atoms with van der Waals surface area (Å²) in [6, 6.07) is 14.1. The smallest absolute Gasteiger partial charge is 0.283 e. The molecule has 0 spiro atoms. The van der Waals surface area contributed by atoms with Crippen LogP contribution in [-0.2, 0) is 4.79 Å². The number of hydrogen-bond donors (Lipinski definition) is 0. The highest BCUT2D eigenvalue weighted by molar-refractivity contribution is 8.14. The lowest BCUT2D eigenvalue weighted by atomic mass is 10.1. The Hall–Kier alpha value is -2.94. The van der Waals surface area contributed by atoms with Crippen molar-refractivity contribution >= 4 is 63.3 Å². The number of anilines is 1. The van der Waals surface area contributed by atoms with Crippen LogP contribution >= 0.6 is 34.7 Å². The van der Waals surface area contributed by atoms with Gasteiger partial charge in [-0.15, -0.1) is 11.3 Å². The third-order valence-electron chi connectivity index (χ3n) is 4.54. The van der Waals surface area contributed by atoms with Crippen molar-refractivity contribution in [2.75, 3.05) is 17.8 Å². The molecule has 1 aromatic heterocycles. The average molecular weight is 487 g/mol. The van der Waals surface area contributed by atoms with Gasteiger partial charge < -0.3 is 4.74 Å². The van der Waals surface area contributed by atoms with Gasteiger partial charge in [-0.1, -0.05) is 29.4 Å². The minimum atomic E-state index is -0.411. The molecule has 9 heteroatoms. The van der Waals surface area contributed by atoms with E-state index in [1.54, 1.807) is 24.3 Å². The van der Waals surface area contributed by atoms with E-state index in [4.69, 9.17) is 16.3 Å². The summed E-state index contributed by atoms with van der Waals surface area (Å²) in [6.45, 7) is 0. The van der Waals surface area contributed by atoms with Crippen molar-refractivity contribution in [1.82, 2.24) is 0 Å². The van der Waals surface area contributed by atoms with Crippen molar-refractivity contribution in [3.63, 3.8) is 0 Å². The normalized spacial score (nSPS) is 14.7. The number of ketones is 1. The number of amides is 1. The molecule has 0 aliphatic carbocycles. The van der Waals surface area contributed by atoms with E-state index in [1.807, 2.05) is 17.5 Å². The first-order valence-electron chi connectivity index (χ1n) is 9.39. The van der Waals surface area contributed by atoms with E-state index in [2.05, 4.69) is 4.99 Å². The molecule has 162 valence electrons. The molecular formula is C23H16ClFN2O3S2. The largest absolute Gasteiger partial charge is 0.495 e. The van der Waals surface area contributed by atoms with Crippen molar-refractivity contribution in [3.8, 4) is 5.75 Å². The SMILES string of the molecule is COc1ccc(N2C(=O)C(=Cc3cccs3)N=C2SCC(=O)c2ccc(F)cc2)cc1Cl. The van der Waals surface area contributed by atoms with Crippen LogP contribution in [0.25, 0.3) is 6.08 Å². The Labute approximate surface area is 197 Å². The molecule has 0 fully saturated rings. The summed E-state index contributed by atoms with van der Waals surface area (Å²) < 4.78 is 18.3. The molecule has 3 aromatic rings. The first-order chi connectivity index (χ1) is 15.5. The maximum atomic E-state index is 13.2. The number of halogens is 2. The Bertz CT molecular complexity index is 1220. The van der Waals surface area contributed by atoms with Crippen molar-refractivity contribution in [1.29, 1.82) is 0 Å². The summed E-state index contributed by atoms with van der Waals surface area (Å²) in [6.07, 6.45) is 1.71. The van der Waals surface area contributed by atoms with Gasteiger partial charge in [-0.05, 0) is 60.0 Å². The van der Waals surface area contributed by atoms with E-state index in [0.29, 0.717) is 27.2 Å². The van der Waals surface area contributed by atoms with Crippen molar-refractivity contribution in [3.05, 3.63) is 87.0 Å². The fraction of sp³-hybridized carbons (Fsp3) is 0.0870. The van der Waals surface area contributed by atoms with E-state index in [1.165, 1.54) is 47.6 Å². The minimum absolute atomic E-state index is 0.0322. The van der Waals surface area contributed by atoms with Gasteiger partial charge >= 0.3 is 0 Å². The van der Waals surface area contributed by atoms with Gasteiger partial charge in [0.2, 0.25) is 0 Å². The lowest BCUT2D eigenvalue weighted by Gasteiger charge is -2.18. The number of rotatable bonds is 6. The molecule has 4 rings (SSSR count). The average Bonchev–Trinajstić information content (AvgIpc) is 3.41. The molecule has 2 aromatic carbocycles. The van der Waals surface area contributed by atoms with E-state index in [9.17, 15) is 14.0 Å². The number of thioether (sulfide) groups is 1. The first-order valence-corrected chi connectivity index (χ1v) is 11.6. The minimum Gasteiger partial charge on any atom is -0.495 e. The molecule has 0 unspecified atom stereocenters.